The number of hydrogen-bond donors (Lipinski definition) is 1. The van der Waals surface area contributed by atoms with Crippen molar-refractivity contribution in [3.8, 4) is 0 Å². The first-order valence-electron chi connectivity index (χ1n) is 5.93. The molecule has 1 aromatic rings. The first-order chi connectivity index (χ1) is 9.28. The van der Waals surface area contributed by atoms with Crippen molar-refractivity contribution in [2.75, 3.05) is 12.4 Å². The first kappa shape index (κ1) is 16.8. The van der Waals surface area contributed by atoms with Gasteiger partial charge in [0.2, 0.25) is 0 Å². The predicted molar refractivity (Wildman–Crippen MR) is 76.8 cm³/mol. The molecule has 0 aliphatic carbocycles. The van der Waals surface area contributed by atoms with Crippen molar-refractivity contribution in [3.63, 3.8) is 0 Å². The van der Waals surface area contributed by atoms with Gasteiger partial charge in [0.15, 0.2) is 0 Å². The van der Waals surface area contributed by atoms with E-state index in [-0.39, 0.29) is 18.2 Å². The summed E-state index contributed by atoms with van der Waals surface area (Å²) in [5.41, 5.74) is 2.35. The van der Waals surface area contributed by atoms with E-state index in [1.54, 1.807) is 12.1 Å². The SMILES string of the molecule is [B]Cc1cc(C)cc(C[B])c1C(=O)OCCS(=O)(=O)O. The number of carbonyl (C=O) groups excluding carboxylic acids is 1. The third-order valence-corrected chi connectivity index (χ3v) is 3.35. The van der Waals surface area contributed by atoms with E-state index >= 15 is 0 Å². The first-order valence-corrected chi connectivity index (χ1v) is 7.54. The topological polar surface area (TPSA) is 80.7 Å². The highest BCUT2D eigenvalue weighted by molar-refractivity contribution is 7.85. The number of rotatable bonds is 6. The lowest BCUT2D eigenvalue weighted by molar-refractivity contribution is 0.0526. The monoisotopic (exact) mass is 292 g/mol. The van der Waals surface area contributed by atoms with E-state index in [9.17, 15) is 13.2 Å². The molecule has 8 heteroatoms. The van der Waals surface area contributed by atoms with Gasteiger partial charge in [-0.2, -0.15) is 8.42 Å². The Kier molecular flexibility index (Phi) is 5.83. The van der Waals surface area contributed by atoms with Gasteiger partial charge < -0.3 is 4.74 Å². The van der Waals surface area contributed by atoms with Crippen molar-refractivity contribution in [1.82, 2.24) is 0 Å². The number of esters is 1. The quantitative estimate of drug-likeness (QED) is 0.465. The van der Waals surface area contributed by atoms with Crippen molar-refractivity contribution >= 4 is 31.8 Å². The molecule has 0 atom stereocenters. The van der Waals surface area contributed by atoms with Crippen molar-refractivity contribution in [1.29, 1.82) is 0 Å². The highest BCUT2D eigenvalue weighted by Gasteiger charge is 2.17. The fraction of sp³-hybridized carbons (Fsp3) is 0.417. The van der Waals surface area contributed by atoms with Gasteiger partial charge >= 0.3 is 5.97 Å². The zero-order valence-electron chi connectivity index (χ0n) is 11.1. The summed E-state index contributed by atoms with van der Waals surface area (Å²) in [7, 11) is 7.02. The Hall–Kier alpha value is -1.27. The van der Waals surface area contributed by atoms with Crippen LogP contribution in [0.15, 0.2) is 12.1 Å². The molecular formula is C12H14B2O5S. The van der Waals surface area contributed by atoms with E-state index in [0.717, 1.165) is 5.56 Å². The molecule has 0 fully saturated rings. The lowest BCUT2D eigenvalue weighted by Crippen LogP contribution is -2.17. The van der Waals surface area contributed by atoms with Crippen LogP contribution in [0.3, 0.4) is 0 Å². The van der Waals surface area contributed by atoms with Gasteiger partial charge in [-0.05, 0) is 18.1 Å². The molecular weight excluding hydrogens is 278 g/mol. The Labute approximate surface area is 121 Å². The normalized spacial score (nSPS) is 11.3. The average molecular weight is 292 g/mol. The van der Waals surface area contributed by atoms with Crippen LogP contribution in [0.25, 0.3) is 0 Å². The van der Waals surface area contributed by atoms with Gasteiger partial charge in [0.25, 0.3) is 10.1 Å². The van der Waals surface area contributed by atoms with Gasteiger partial charge in [-0.3, -0.25) is 4.55 Å². The number of carbonyl (C=O) groups is 1. The minimum absolute atomic E-state index is 0.136. The third kappa shape index (κ3) is 4.68. The Morgan fingerprint density at radius 2 is 1.75 bits per heavy atom. The molecule has 20 heavy (non-hydrogen) atoms. The average Bonchev–Trinajstić information content (AvgIpc) is 2.35. The summed E-state index contributed by atoms with van der Waals surface area (Å²) in [5.74, 6) is -1.35. The highest BCUT2D eigenvalue weighted by Crippen LogP contribution is 2.19. The van der Waals surface area contributed by atoms with Gasteiger partial charge in [-0.1, -0.05) is 30.3 Å². The summed E-state index contributed by atoms with van der Waals surface area (Å²) in [6.07, 6.45) is 0.273. The lowest BCUT2D eigenvalue weighted by Gasteiger charge is -2.14. The maximum atomic E-state index is 12.0. The molecule has 104 valence electrons. The molecule has 0 saturated heterocycles. The second kappa shape index (κ2) is 6.95. The minimum Gasteiger partial charge on any atom is -0.461 e. The molecule has 1 N–H and O–H groups in total. The molecule has 4 radical (unpaired) electrons. The Balaban J connectivity index is 2.97. The van der Waals surface area contributed by atoms with Gasteiger partial charge in [-0.25, -0.2) is 4.79 Å². The van der Waals surface area contributed by atoms with E-state index < -0.39 is 28.4 Å². The summed E-state index contributed by atoms with van der Waals surface area (Å²) >= 11 is 0. The largest absolute Gasteiger partial charge is 0.461 e. The van der Waals surface area contributed by atoms with Crippen molar-refractivity contribution in [2.24, 2.45) is 0 Å². The fourth-order valence-corrected chi connectivity index (χ4v) is 2.13. The molecule has 1 rings (SSSR count). The summed E-state index contributed by atoms with van der Waals surface area (Å²) in [4.78, 5) is 12.0. The Morgan fingerprint density at radius 3 is 2.15 bits per heavy atom. The molecule has 0 heterocycles. The maximum absolute atomic E-state index is 12.0. The van der Waals surface area contributed by atoms with Crippen molar-refractivity contribution in [3.05, 3.63) is 34.4 Å². The van der Waals surface area contributed by atoms with Gasteiger partial charge in [0, 0.05) is 0 Å². The molecule has 0 spiro atoms. The van der Waals surface area contributed by atoms with Crippen molar-refractivity contribution < 1.29 is 22.5 Å². The van der Waals surface area contributed by atoms with Crippen LogP contribution in [-0.2, 0) is 27.5 Å². The molecule has 0 saturated carbocycles. The van der Waals surface area contributed by atoms with Crippen LogP contribution in [-0.4, -0.2) is 47.0 Å². The van der Waals surface area contributed by atoms with Crippen LogP contribution in [0, 0.1) is 6.92 Å². The smallest absolute Gasteiger partial charge is 0.338 e. The van der Waals surface area contributed by atoms with Crippen LogP contribution in [0.1, 0.15) is 27.0 Å². The number of hydrogen-bond acceptors (Lipinski definition) is 4. The molecule has 0 amide bonds. The summed E-state index contributed by atoms with van der Waals surface area (Å²) in [6, 6.07) is 3.50. The van der Waals surface area contributed by atoms with Gasteiger partial charge in [0.05, 0.1) is 21.3 Å². The highest BCUT2D eigenvalue weighted by atomic mass is 32.2. The fourth-order valence-electron chi connectivity index (χ4n) is 1.84. The lowest BCUT2D eigenvalue weighted by atomic mass is 9.84. The Morgan fingerprint density at radius 1 is 1.25 bits per heavy atom. The van der Waals surface area contributed by atoms with E-state index in [1.165, 1.54) is 0 Å². The number of aryl methyl sites for hydroxylation is 1. The molecule has 5 nitrogen and oxygen atoms in total. The number of benzene rings is 1. The molecule has 0 aliphatic rings. The maximum Gasteiger partial charge on any atom is 0.338 e. The van der Waals surface area contributed by atoms with E-state index in [1.807, 2.05) is 6.92 Å². The zero-order chi connectivity index (χ0) is 15.3. The summed E-state index contributed by atoms with van der Waals surface area (Å²) < 4.78 is 34.5. The zero-order valence-corrected chi connectivity index (χ0v) is 11.9. The minimum atomic E-state index is -4.17. The van der Waals surface area contributed by atoms with Crippen molar-refractivity contribution in [2.45, 2.75) is 19.6 Å². The second-order valence-corrected chi connectivity index (χ2v) is 5.86. The van der Waals surface area contributed by atoms with E-state index in [2.05, 4.69) is 0 Å². The third-order valence-electron chi connectivity index (χ3n) is 2.66. The standard InChI is InChI=1S/C12H14B2O5S/c1-8-4-9(6-13)11(10(5-8)7-14)12(15)19-2-3-20(16,17)18/h4-5H,2-3,6-7H2,1H3,(H,16,17,18). The molecule has 0 aliphatic heterocycles. The molecule has 1 aromatic carbocycles. The van der Waals surface area contributed by atoms with Crippen LogP contribution >= 0.6 is 0 Å². The van der Waals surface area contributed by atoms with E-state index in [4.69, 9.17) is 25.0 Å². The molecule has 0 unspecified atom stereocenters. The second-order valence-electron chi connectivity index (χ2n) is 4.29. The molecule has 0 aromatic heterocycles. The summed E-state index contributed by atoms with van der Waals surface area (Å²) in [6.45, 7) is 1.42. The summed E-state index contributed by atoms with van der Waals surface area (Å²) in [5, 5.41) is 0. The number of ether oxygens (including phenoxy) is 1. The van der Waals surface area contributed by atoms with Crippen LogP contribution in [0.4, 0.5) is 0 Å². The Bertz CT molecular complexity index is 573. The van der Waals surface area contributed by atoms with Gasteiger partial charge in [-0.15, -0.1) is 0 Å². The predicted octanol–water partition coefficient (Wildman–Crippen LogP) is 0.377. The van der Waals surface area contributed by atoms with Crippen LogP contribution in [0.5, 0.6) is 0 Å². The van der Waals surface area contributed by atoms with Crippen LogP contribution < -0.4 is 0 Å². The molecule has 0 bridgehead atoms. The van der Waals surface area contributed by atoms with Crippen LogP contribution in [0.2, 0.25) is 0 Å². The van der Waals surface area contributed by atoms with Gasteiger partial charge in [0.1, 0.15) is 12.4 Å². The van der Waals surface area contributed by atoms with E-state index in [0.29, 0.717) is 11.1 Å².